The van der Waals surface area contributed by atoms with Crippen LogP contribution in [0.25, 0.3) is 0 Å². The molecule has 1 aromatic carbocycles. The van der Waals surface area contributed by atoms with Crippen LogP contribution in [0.15, 0.2) is 18.2 Å². The van der Waals surface area contributed by atoms with Crippen molar-refractivity contribution in [1.29, 1.82) is 0 Å². The van der Waals surface area contributed by atoms with Gasteiger partial charge in [0.05, 0.1) is 29.8 Å². The van der Waals surface area contributed by atoms with Crippen molar-refractivity contribution >= 4 is 15.8 Å². The quantitative estimate of drug-likeness (QED) is 0.473. The van der Waals surface area contributed by atoms with Crippen molar-refractivity contribution in [2.24, 2.45) is 0 Å². The van der Waals surface area contributed by atoms with E-state index in [1.54, 1.807) is 0 Å². The maximum absolute atomic E-state index is 11.0. The number of rotatable bonds is 5. The predicted molar refractivity (Wildman–Crippen MR) is 58.7 cm³/mol. The Balaban J connectivity index is 3.48. The lowest BCUT2D eigenvalue weighted by Crippen LogP contribution is -2.03. The van der Waals surface area contributed by atoms with E-state index in [1.165, 1.54) is 0 Å². The number of non-ortho nitro benzene ring substituents is 1. The molecule has 0 fully saturated rings. The van der Waals surface area contributed by atoms with E-state index in [1.807, 2.05) is 0 Å². The molecule has 7 nitrogen and oxygen atoms in total. The molecular formula is C9H11NO6S. The summed E-state index contributed by atoms with van der Waals surface area (Å²) in [6, 6.07) is 2.15. The van der Waals surface area contributed by atoms with Crippen molar-refractivity contribution in [1.82, 2.24) is 0 Å². The second-order valence-corrected chi connectivity index (χ2v) is 4.60. The van der Waals surface area contributed by atoms with Crippen molar-refractivity contribution < 1.29 is 28.1 Å². The first-order valence-electron chi connectivity index (χ1n) is 6.16. The molecule has 0 unspecified atom stereocenters. The molecule has 1 rings (SSSR count). The molecule has 94 valence electrons. The largest absolute Gasteiger partial charge is 0.392 e. The van der Waals surface area contributed by atoms with Gasteiger partial charge in [0.2, 0.25) is 0 Å². The van der Waals surface area contributed by atoms with Gasteiger partial charge in [-0.15, -0.1) is 0 Å². The number of nitro benzene ring substituents is 1. The second kappa shape index (κ2) is 5.21. The minimum atomic E-state index is -4.21. The average molecular weight is 265 g/mol. The van der Waals surface area contributed by atoms with Gasteiger partial charge in [-0.2, -0.15) is 8.42 Å². The molecule has 0 bridgehead atoms. The fourth-order valence-electron chi connectivity index (χ4n) is 0.964. The summed E-state index contributed by atoms with van der Waals surface area (Å²) in [6.45, 7) is -5.93. The molecule has 0 aliphatic carbocycles. The van der Waals surface area contributed by atoms with Crippen LogP contribution in [0.5, 0.6) is 0 Å². The maximum Gasteiger partial charge on any atom is 0.270 e. The van der Waals surface area contributed by atoms with Crippen LogP contribution < -0.4 is 0 Å². The molecule has 17 heavy (non-hydrogen) atoms. The summed E-state index contributed by atoms with van der Waals surface area (Å²) in [6.07, 6.45) is 0.592. The normalized spacial score (nSPS) is 16.6. The maximum atomic E-state index is 11.0. The summed E-state index contributed by atoms with van der Waals surface area (Å²) in [5, 5.41) is 20.0. The molecule has 1 N–H and O–H groups in total. The van der Waals surface area contributed by atoms with Gasteiger partial charge in [-0.05, 0) is 11.1 Å². The Kier molecular flexibility index (Phi) is 2.63. The lowest BCUT2D eigenvalue weighted by atomic mass is 10.1. The molecule has 0 aliphatic rings. The lowest BCUT2D eigenvalue weighted by Gasteiger charge is -2.04. The fraction of sp³-hybridized carbons (Fsp3) is 0.333. The summed E-state index contributed by atoms with van der Waals surface area (Å²) in [5.41, 5.74) is -1.94. The van der Waals surface area contributed by atoms with Crippen LogP contribution in [0.4, 0.5) is 5.69 Å². The SMILES string of the molecule is [2H]C([2H])(O)c1cc([N+](=O)[O-])cc(C([2H])([2H])OS(C)(=O)=O)c1. The number of benzene rings is 1. The summed E-state index contributed by atoms with van der Waals surface area (Å²) in [7, 11) is -4.21. The zero-order chi connectivity index (χ0) is 16.6. The molecule has 0 spiro atoms. The van der Waals surface area contributed by atoms with Gasteiger partial charge in [0, 0.05) is 12.1 Å². The third-order valence-corrected chi connectivity index (χ3v) is 1.95. The minimum absolute atomic E-state index is 0.592. The van der Waals surface area contributed by atoms with Crippen molar-refractivity contribution in [2.75, 3.05) is 6.26 Å². The third-order valence-electron chi connectivity index (χ3n) is 1.57. The van der Waals surface area contributed by atoms with Crippen LogP contribution >= 0.6 is 0 Å². The molecule has 0 amide bonds. The minimum Gasteiger partial charge on any atom is -0.392 e. The Bertz CT molecular complexity index is 669. The molecule has 0 atom stereocenters. The first-order chi connectivity index (χ1) is 9.22. The monoisotopic (exact) mass is 265 g/mol. The van der Waals surface area contributed by atoms with E-state index >= 15 is 0 Å². The Labute approximate surface area is 104 Å². The zero-order valence-electron chi connectivity index (χ0n) is 12.6. The average Bonchev–Trinajstić information content (AvgIpc) is 2.23. The summed E-state index contributed by atoms with van der Waals surface area (Å²) < 4.78 is 55.4. The smallest absolute Gasteiger partial charge is 0.270 e. The summed E-state index contributed by atoms with van der Waals surface area (Å²) in [4.78, 5) is 9.83. The third kappa shape index (κ3) is 4.47. The van der Waals surface area contributed by atoms with Gasteiger partial charge in [-0.25, -0.2) is 0 Å². The predicted octanol–water partition coefficient (Wildman–Crippen LogP) is 0.563. The fourth-order valence-corrected chi connectivity index (χ4v) is 1.21. The highest BCUT2D eigenvalue weighted by Crippen LogP contribution is 2.18. The van der Waals surface area contributed by atoms with Crippen LogP contribution in [-0.2, 0) is 27.4 Å². The molecule has 1 aromatic rings. The highest BCUT2D eigenvalue weighted by molar-refractivity contribution is 7.85. The van der Waals surface area contributed by atoms with E-state index in [-0.39, 0.29) is 0 Å². The number of hydrogen-bond acceptors (Lipinski definition) is 6. The van der Waals surface area contributed by atoms with Gasteiger partial charge in [-0.3, -0.25) is 14.3 Å². The Morgan fingerprint density at radius 2 is 2.06 bits per heavy atom. The lowest BCUT2D eigenvalue weighted by molar-refractivity contribution is -0.385. The number of hydrogen-bond donors (Lipinski definition) is 1. The number of nitrogens with zero attached hydrogens (tertiary/aromatic N) is 1. The van der Waals surface area contributed by atoms with E-state index in [2.05, 4.69) is 4.18 Å². The highest BCUT2D eigenvalue weighted by Gasteiger charge is 2.11. The summed E-state index contributed by atoms with van der Waals surface area (Å²) in [5.74, 6) is 0. The molecule has 0 aromatic heterocycles. The number of aliphatic hydroxyl groups is 1. The Hall–Kier alpha value is -1.51. The van der Waals surface area contributed by atoms with E-state index < -0.39 is 45.0 Å². The van der Waals surface area contributed by atoms with Gasteiger partial charge in [-0.1, -0.05) is 6.07 Å². The standard InChI is InChI=1S/C9H11NO6S/c1-17(14,15)16-6-8-2-7(5-11)3-9(4-8)10(12)13/h2-4,11H,5-6H2,1H3/i5D2,6D2. The number of nitro groups is 1. The van der Waals surface area contributed by atoms with Gasteiger partial charge in [0.15, 0.2) is 0 Å². The van der Waals surface area contributed by atoms with Gasteiger partial charge in [0.25, 0.3) is 15.8 Å². The van der Waals surface area contributed by atoms with Gasteiger partial charge in [0.1, 0.15) is 0 Å². The van der Waals surface area contributed by atoms with E-state index in [4.69, 9.17) is 5.48 Å². The molecule has 0 saturated heterocycles. The van der Waals surface area contributed by atoms with Crippen LogP contribution in [0, 0.1) is 10.1 Å². The first-order valence-corrected chi connectivity index (χ1v) is 5.97. The molecule has 8 heteroatoms. The Morgan fingerprint density at radius 3 is 2.53 bits per heavy atom. The van der Waals surface area contributed by atoms with Gasteiger partial charge >= 0.3 is 0 Å². The van der Waals surface area contributed by atoms with E-state index in [0.717, 1.165) is 6.07 Å². The Morgan fingerprint density at radius 1 is 1.47 bits per heavy atom. The summed E-state index contributed by atoms with van der Waals surface area (Å²) >= 11 is 0. The highest BCUT2D eigenvalue weighted by atomic mass is 32.2. The molecule has 0 radical (unpaired) electrons. The van der Waals surface area contributed by atoms with Crippen molar-refractivity contribution in [3.05, 3.63) is 39.4 Å². The molecule has 0 saturated carbocycles. The van der Waals surface area contributed by atoms with Gasteiger partial charge < -0.3 is 5.11 Å². The topological polar surface area (TPSA) is 107 Å². The van der Waals surface area contributed by atoms with Crippen molar-refractivity contribution in [3.8, 4) is 0 Å². The van der Waals surface area contributed by atoms with Crippen molar-refractivity contribution in [2.45, 2.75) is 13.1 Å². The van der Waals surface area contributed by atoms with Crippen LogP contribution in [-0.4, -0.2) is 24.7 Å². The second-order valence-electron chi connectivity index (χ2n) is 3.03. The van der Waals surface area contributed by atoms with Crippen LogP contribution in [0.2, 0.25) is 0 Å². The van der Waals surface area contributed by atoms with E-state index in [9.17, 15) is 23.6 Å². The van der Waals surface area contributed by atoms with Crippen LogP contribution in [0.1, 0.15) is 16.6 Å². The zero-order valence-corrected chi connectivity index (χ0v) is 9.39. The first kappa shape index (κ1) is 8.56. The molecule has 0 heterocycles. The van der Waals surface area contributed by atoms with E-state index in [0.29, 0.717) is 18.4 Å². The van der Waals surface area contributed by atoms with Crippen molar-refractivity contribution in [3.63, 3.8) is 0 Å². The molecule has 0 aliphatic heterocycles. The van der Waals surface area contributed by atoms with Crippen LogP contribution in [0.3, 0.4) is 0 Å². The molecular weight excluding hydrogens is 250 g/mol.